The fourth-order valence-corrected chi connectivity index (χ4v) is 5.06. The zero-order chi connectivity index (χ0) is 22.5. The molecule has 176 valence electrons. The van der Waals surface area contributed by atoms with Gasteiger partial charge in [0.1, 0.15) is 5.82 Å². The van der Waals surface area contributed by atoms with E-state index in [-0.39, 0.29) is 23.7 Å². The third kappa shape index (κ3) is 6.73. The smallest absolute Gasteiger partial charge is 0.241 e. The normalized spacial score (nSPS) is 23.6. The molecule has 1 amide bonds. The van der Waals surface area contributed by atoms with E-state index in [0.717, 1.165) is 69.1 Å². The van der Waals surface area contributed by atoms with E-state index < -0.39 is 4.75 Å². The van der Waals surface area contributed by atoms with E-state index in [0.29, 0.717) is 5.92 Å². The minimum absolute atomic E-state index is 0.0125. The average Bonchev–Trinajstić information content (AvgIpc) is 3.41. The summed E-state index contributed by atoms with van der Waals surface area (Å²) in [4.78, 5) is 16.1. The summed E-state index contributed by atoms with van der Waals surface area (Å²) in [7, 11) is 0. The number of anilines is 1. The number of aromatic amines is 1. The first-order valence-electron chi connectivity index (χ1n) is 11.7. The van der Waals surface area contributed by atoms with Crippen LogP contribution in [0.3, 0.4) is 0 Å². The molecule has 0 bridgehead atoms. The highest BCUT2D eigenvalue weighted by Gasteiger charge is 2.33. The van der Waals surface area contributed by atoms with Crippen LogP contribution in [0.15, 0.2) is 12.3 Å². The number of carbonyl (C=O) groups excluding carboxylic acids is 1. The van der Waals surface area contributed by atoms with Gasteiger partial charge in [-0.05, 0) is 76.2 Å². The minimum Gasteiger partial charge on any atom is -0.381 e. The first kappa shape index (κ1) is 24.6. The van der Waals surface area contributed by atoms with Gasteiger partial charge in [0.2, 0.25) is 5.91 Å². The van der Waals surface area contributed by atoms with Gasteiger partial charge in [0.15, 0.2) is 6.29 Å². The molecule has 6 nitrogen and oxygen atoms in total. The maximum absolute atomic E-state index is 12.9. The Balaban J connectivity index is 1.51. The minimum atomic E-state index is -0.491. The van der Waals surface area contributed by atoms with E-state index in [2.05, 4.69) is 31.1 Å². The summed E-state index contributed by atoms with van der Waals surface area (Å²) in [6.45, 7) is 12.9. The first-order valence-corrected chi connectivity index (χ1v) is 12.7. The van der Waals surface area contributed by atoms with Gasteiger partial charge in [-0.25, -0.2) is 0 Å². The Bertz CT molecular complexity index is 706. The van der Waals surface area contributed by atoms with Gasteiger partial charge in [0.05, 0.1) is 10.9 Å². The van der Waals surface area contributed by atoms with Crippen LogP contribution in [0.25, 0.3) is 0 Å². The third-order valence-corrected chi connectivity index (χ3v) is 8.09. The number of H-pyrrole nitrogens is 1. The molecule has 2 N–H and O–H groups in total. The van der Waals surface area contributed by atoms with Crippen molar-refractivity contribution < 1.29 is 19.0 Å². The van der Waals surface area contributed by atoms with E-state index in [9.17, 15) is 4.79 Å². The zero-order valence-electron chi connectivity index (χ0n) is 19.8. The Morgan fingerprint density at radius 2 is 2.10 bits per heavy atom. The van der Waals surface area contributed by atoms with Crippen LogP contribution in [-0.4, -0.2) is 53.6 Å². The predicted octanol–water partition coefficient (Wildman–Crippen LogP) is 5.10. The summed E-state index contributed by atoms with van der Waals surface area (Å²) in [6.07, 6.45) is 7.31. The molecule has 7 heteroatoms. The van der Waals surface area contributed by atoms with Crippen LogP contribution in [0.2, 0.25) is 0 Å². The third-order valence-electron chi connectivity index (χ3n) is 6.75. The molecule has 2 fully saturated rings. The topological polar surface area (TPSA) is 72.6 Å². The highest BCUT2D eigenvalue weighted by molar-refractivity contribution is 8.01. The molecule has 0 unspecified atom stereocenters. The van der Waals surface area contributed by atoms with Crippen molar-refractivity contribution in [1.82, 2.24) is 4.98 Å². The summed E-state index contributed by atoms with van der Waals surface area (Å²) in [5.41, 5.74) is 0.895. The lowest BCUT2D eigenvalue weighted by Gasteiger charge is -2.35. The number of nitrogens with one attached hydrogen (secondary N) is 2. The van der Waals surface area contributed by atoms with Crippen LogP contribution in [0.1, 0.15) is 72.3 Å². The van der Waals surface area contributed by atoms with E-state index >= 15 is 0 Å². The van der Waals surface area contributed by atoms with Crippen molar-refractivity contribution in [3.8, 4) is 0 Å². The Labute approximate surface area is 191 Å². The quantitative estimate of drug-likeness (QED) is 0.517. The number of rotatable bonds is 10. The molecule has 0 radical (unpaired) electrons. The van der Waals surface area contributed by atoms with E-state index in [1.165, 1.54) is 0 Å². The summed E-state index contributed by atoms with van der Waals surface area (Å²) in [5.74, 6) is 2.36. The summed E-state index contributed by atoms with van der Waals surface area (Å²) < 4.78 is 16.9. The van der Waals surface area contributed by atoms with Gasteiger partial charge in [-0.1, -0.05) is 13.8 Å². The molecule has 1 aromatic rings. The van der Waals surface area contributed by atoms with E-state index in [1.54, 1.807) is 11.8 Å². The number of carbonyl (C=O) groups is 1. The van der Waals surface area contributed by atoms with Gasteiger partial charge in [-0.2, -0.15) is 0 Å². The number of hydrogen-bond donors (Lipinski definition) is 2. The Hall–Kier alpha value is -1.02. The summed E-state index contributed by atoms with van der Waals surface area (Å²) in [5, 5.41) is 3.07. The lowest BCUT2D eigenvalue weighted by molar-refractivity contribution is -0.195. The second-order valence-electron chi connectivity index (χ2n) is 9.93. The highest BCUT2D eigenvalue weighted by Crippen LogP contribution is 2.33. The molecule has 0 aromatic carbocycles. The van der Waals surface area contributed by atoms with E-state index in [4.69, 9.17) is 14.2 Å². The monoisotopic (exact) mass is 452 g/mol. The summed E-state index contributed by atoms with van der Waals surface area (Å²) >= 11 is 1.71. The van der Waals surface area contributed by atoms with Gasteiger partial charge in [0, 0.05) is 31.4 Å². The van der Waals surface area contributed by atoms with Crippen LogP contribution >= 0.6 is 11.8 Å². The van der Waals surface area contributed by atoms with Crippen molar-refractivity contribution in [3.05, 3.63) is 17.8 Å². The number of amides is 1. The van der Waals surface area contributed by atoms with Crippen LogP contribution in [0, 0.1) is 5.92 Å². The number of hydrogen-bond acceptors (Lipinski definition) is 5. The van der Waals surface area contributed by atoms with Crippen molar-refractivity contribution in [2.24, 2.45) is 5.92 Å². The van der Waals surface area contributed by atoms with Gasteiger partial charge >= 0.3 is 0 Å². The van der Waals surface area contributed by atoms with Gasteiger partial charge in [-0.3, -0.25) is 4.79 Å². The molecular weight excluding hydrogens is 412 g/mol. The van der Waals surface area contributed by atoms with Crippen LogP contribution in [0.4, 0.5) is 5.82 Å². The fraction of sp³-hybridized carbons (Fsp3) is 0.792. The predicted molar refractivity (Wildman–Crippen MR) is 127 cm³/mol. The molecular formula is C24H40N2O4S. The SMILES string of the molecule is C[C@H](O[C@H]1CCCCO1)C(C)(C)c1c[nH]c(NC(=O)C(C)(C)SCC[C@H]2CCOC2)c1. The van der Waals surface area contributed by atoms with Crippen LogP contribution in [0.5, 0.6) is 0 Å². The molecule has 2 aliphatic rings. The molecule has 3 heterocycles. The van der Waals surface area contributed by atoms with Crippen molar-refractivity contribution in [1.29, 1.82) is 0 Å². The van der Waals surface area contributed by atoms with Gasteiger partial charge in [-0.15, -0.1) is 11.8 Å². The lowest BCUT2D eigenvalue weighted by Crippen LogP contribution is -2.38. The molecule has 0 spiro atoms. The maximum atomic E-state index is 12.9. The molecule has 1 aromatic heterocycles. The van der Waals surface area contributed by atoms with Crippen molar-refractivity contribution >= 4 is 23.5 Å². The van der Waals surface area contributed by atoms with E-state index in [1.807, 2.05) is 26.1 Å². The second kappa shape index (κ2) is 10.7. The molecule has 2 saturated heterocycles. The highest BCUT2D eigenvalue weighted by atomic mass is 32.2. The molecule has 3 rings (SSSR count). The lowest BCUT2D eigenvalue weighted by atomic mass is 9.81. The standard InChI is InChI=1S/C24H40N2O4S/c1-17(30-21-8-6-7-11-29-21)23(2,3)19-14-20(25-15-19)26-22(27)24(4,5)31-13-10-18-9-12-28-16-18/h14-15,17-18,21,25H,6-13,16H2,1-5H3,(H,26,27)/t17-,18+,21-/m0/s1. The first-order chi connectivity index (χ1) is 14.7. The van der Waals surface area contributed by atoms with Gasteiger partial charge in [0.25, 0.3) is 0 Å². The molecule has 0 aliphatic carbocycles. The van der Waals surface area contributed by atoms with Gasteiger partial charge < -0.3 is 24.5 Å². The second-order valence-corrected chi connectivity index (χ2v) is 11.6. The maximum Gasteiger partial charge on any atom is 0.241 e. The number of thioether (sulfide) groups is 1. The Morgan fingerprint density at radius 1 is 1.29 bits per heavy atom. The van der Waals surface area contributed by atoms with Crippen LogP contribution < -0.4 is 5.32 Å². The Morgan fingerprint density at radius 3 is 2.77 bits per heavy atom. The van der Waals surface area contributed by atoms with Crippen molar-refractivity contribution in [3.63, 3.8) is 0 Å². The Kier molecular flexibility index (Phi) is 8.52. The molecule has 0 saturated carbocycles. The van der Waals surface area contributed by atoms with Crippen molar-refractivity contribution in [2.75, 3.05) is 30.9 Å². The molecule has 2 aliphatic heterocycles. The fourth-order valence-electron chi connectivity index (χ4n) is 3.92. The summed E-state index contributed by atoms with van der Waals surface area (Å²) in [6, 6.07) is 2.02. The average molecular weight is 453 g/mol. The van der Waals surface area contributed by atoms with Crippen molar-refractivity contribution in [2.45, 2.75) is 89.3 Å². The number of ether oxygens (including phenoxy) is 3. The zero-order valence-corrected chi connectivity index (χ0v) is 20.6. The molecule has 3 atom stereocenters. The molecule has 31 heavy (non-hydrogen) atoms. The van der Waals surface area contributed by atoms with Crippen LogP contribution in [-0.2, 0) is 24.4 Å². The largest absolute Gasteiger partial charge is 0.381 e. The number of aromatic nitrogens is 1.